The molecule has 1 heterocycles. The van der Waals surface area contributed by atoms with Crippen molar-refractivity contribution in [3.8, 4) is 0 Å². The largest absolute Gasteiger partial charge is 0.384 e. The number of amides is 1. The van der Waals surface area contributed by atoms with E-state index in [1.54, 1.807) is 12.1 Å². The molecule has 3 N–H and O–H groups in total. The van der Waals surface area contributed by atoms with Crippen molar-refractivity contribution in [1.29, 1.82) is 0 Å². The Morgan fingerprint density at radius 2 is 2.22 bits per heavy atom. The van der Waals surface area contributed by atoms with Gasteiger partial charge in [-0.2, -0.15) is 0 Å². The van der Waals surface area contributed by atoms with Gasteiger partial charge in [-0.1, -0.05) is 13.3 Å². The molecule has 0 unspecified atom stereocenters. The van der Waals surface area contributed by atoms with E-state index in [9.17, 15) is 4.79 Å². The maximum atomic E-state index is 12.1. The van der Waals surface area contributed by atoms with Crippen LogP contribution in [0.5, 0.6) is 0 Å². The summed E-state index contributed by atoms with van der Waals surface area (Å²) in [5, 5.41) is 3.02. The van der Waals surface area contributed by atoms with Crippen LogP contribution in [-0.4, -0.2) is 17.4 Å². The monoisotopic (exact) mass is 247 g/mol. The molecule has 1 aliphatic carbocycles. The van der Waals surface area contributed by atoms with Gasteiger partial charge >= 0.3 is 0 Å². The van der Waals surface area contributed by atoms with Crippen molar-refractivity contribution in [3.63, 3.8) is 0 Å². The topological polar surface area (TPSA) is 68.0 Å². The summed E-state index contributed by atoms with van der Waals surface area (Å²) in [6, 6.07) is 3.40. The Morgan fingerprint density at radius 3 is 2.72 bits per heavy atom. The Hall–Kier alpha value is -1.58. The van der Waals surface area contributed by atoms with Crippen LogP contribution < -0.4 is 11.1 Å². The molecule has 0 spiro atoms. The number of anilines is 1. The zero-order chi connectivity index (χ0) is 13.2. The highest BCUT2D eigenvalue weighted by atomic mass is 16.1. The van der Waals surface area contributed by atoms with E-state index >= 15 is 0 Å². The first-order chi connectivity index (χ1) is 8.54. The van der Waals surface area contributed by atoms with Crippen LogP contribution in [0.4, 0.5) is 5.82 Å². The summed E-state index contributed by atoms with van der Waals surface area (Å²) < 4.78 is 0. The second kappa shape index (κ2) is 4.96. The summed E-state index contributed by atoms with van der Waals surface area (Å²) in [6.07, 6.45) is 4.86. The van der Waals surface area contributed by atoms with Crippen molar-refractivity contribution in [3.05, 3.63) is 23.4 Å². The van der Waals surface area contributed by atoms with E-state index in [0.29, 0.717) is 16.8 Å². The van der Waals surface area contributed by atoms with E-state index in [1.165, 1.54) is 19.3 Å². The molecule has 1 aliphatic rings. The number of aromatic nitrogens is 1. The second-order valence-electron chi connectivity index (χ2n) is 5.31. The van der Waals surface area contributed by atoms with Gasteiger partial charge in [-0.05, 0) is 43.7 Å². The second-order valence-corrected chi connectivity index (χ2v) is 5.31. The molecule has 98 valence electrons. The Kier molecular flexibility index (Phi) is 3.55. The van der Waals surface area contributed by atoms with Crippen LogP contribution in [0.25, 0.3) is 0 Å². The van der Waals surface area contributed by atoms with E-state index < -0.39 is 0 Å². The lowest BCUT2D eigenvalue weighted by atomic mass is 9.67. The van der Waals surface area contributed by atoms with Gasteiger partial charge in [0.25, 0.3) is 5.91 Å². The average molecular weight is 247 g/mol. The van der Waals surface area contributed by atoms with Crippen LogP contribution in [0.1, 0.15) is 48.7 Å². The minimum Gasteiger partial charge on any atom is -0.384 e. The number of aryl methyl sites for hydroxylation is 1. The minimum atomic E-state index is -0.0491. The Morgan fingerprint density at radius 1 is 1.50 bits per heavy atom. The molecule has 0 aliphatic heterocycles. The summed E-state index contributed by atoms with van der Waals surface area (Å²) >= 11 is 0. The molecule has 4 nitrogen and oxygen atoms in total. The van der Waals surface area contributed by atoms with Gasteiger partial charge in [0.1, 0.15) is 5.82 Å². The molecule has 1 aromatic heterocycles. The zero-order valence-electron chi connectivity index (χ0n) is 11.1. The van der Waals surface area contributed by atoms with Crippen molar-refractivity contribution in [2.45, 2.75) is 39.5 Å². The quantitative estimate of drug-likeness (QED) is 0.857. The maximum Gasteiger partial charge on any atom is 0.251 e. The number of carbonyl (C=O) groups is 1. The third-order valence-corrected chi connectivity index (χ3v) is 4.02. The number of hydrogen-bond donors (Lipinski definition) is 2. The fourth-order valence-corrected chi connectivity index (χ4v) is 2.53. The predicted molar refractivity (Wildman–Crippen MR) is 72.3 cm³/mol. The fraction of sp³-hybridized carbons (Fsp3) is 0.571. The SMILES string of the molecule is CCC1(CNC(=O)c2cc(C)nc(N)c2)CCC1. The van der Waals surface area contributed by atoms with Crippen LogP contribution in [0, 0.1) is 12.3 Å². The number of pyridine rings is 1. The molecule has 0 bridgehead atoms. The molecule has 0 radical (unpaired) electrons. The standard InChI is InChI=1S/C14H21N3O/c1-3-14(5-4-6-14)9-16-13(18)11-7-10(2)17-12(15)8-11/h7-8H,3-6,9H2,1-2H3,(H2,15,17)(H,16,18). The van der Waals surface area contributed by atoms with Gasteiger partial charge in [0, 0.05) is 17.8 Å². The molecular formula is C14H21N3O. The first kappa shape index (κ1) is 12.9. The van der Waals surface area contributed by atoms with Crippen molar-refractivity contribution >= 4 is 11.7 Å². The summed E-state index contributed by atoms with van der Waals surface area (Å²) in [6.45, 7) is 4.80. The fourth-order valence-electron chi connectivity index (χ4n) is 2.53. The van der Waals surface area contributed by atoms with Gasteiger partial charge in [0.05, 0.1) is 0 Å². The van der Waals surface area contributed by atoms with Gasteiger partial charge in [-0.15, -0.1) is 0 Å². The Bertz CT molecular complexity index is 427. The molecule has 18 heavy (non-hydrogen) atoms. The van der Waals surface area contributed by atoms with E-state index in [4.69, 9.17) is 5.73 Å². The van der Waals surface area contributed by atoms with Gasteiger partial charge < -0.3 is 11.1 Å². The molecule has 0 aromatic carbocycles. The summed E-state index contributed by atoms with van der Waals surface area (Å²) in [5.41, 5.74) is 7.36. The number of hydrogen-bond acceptors (Lipinski definition) is 3. The number of carbonyl (C=O) groups excluding carboxylic acids is 1. The molecule has 1 fully saturated rings. The molecule has 0 saturated heterocycles. The summed E-state index contributed by atoms with van der Waals surface area (Å²) in [4.78, 5) is 16.1. The number of nitrogens with zero attached hydrogens (tertiary/aromatic N) is 1. The van der Waals surface area contributed by atoms with Crippen molar-refractivity contribution in [2.75, 3.05) is 12.3 Å². The third kappa shape index (κ3) is 2.63. The van der Waals surface area contributed by atoms with Crippen LogP contribution >= 0.6 is 0 Å². The first-order valence-electron chi connectivity index (χ1n) is 6.57. The number of nitrogen functional groups attached to an aromatic ring is 1. The number of nitrogens with two attached hydrogens (primary N) is 1. The molecule has 1 amide bonds. The number of rotatable bonds is 4. The normalized spacial score (nSPS) is 17.0. The lowest BCUT2D eigenvalue weighted by Crippen LogP contribution is -2.41. The van der Waals surface area contributed by atoms with Gasteiger partial charge in [0.2, 0.25) is 0 Å². The Balaban J connectivity index is 1.99. The first-order valence-corrected chi connectivity index (χ1v) is 6.57. The molecule has 1 aromatic rings. The molecule has 1 saturated carbocycles. The van der Waals surface area contributed by atoms with Crippen LogP contribution in [0.15, 0.2) is 12.1 Å². The van der Waals surface area contributed by atoms with Gasteiger partial charge in [0.15, 0.2) is 0 Å². The zero-order valence-corrected chi connectivity index (χ0v) is 11.1. The molecular weight excluding hydrogens is 226 g/mol. The lowest BCUT2D eigenvalue weighted by molar-refractivity contribution is 0.0850. The van der Waals surface area contributed by atoms with E-state index in [-0.39, 0.29) is 5.91 Å². The average Bonchev–Trinajstić information content (AvgIpc) is 2.26. The van der Waals surface area contributed by atoms with Crippen LogP contribution in [0.2, 0.25) is 0 Å². The predicted octanol–water partition coefficient (Wildman–Crippen LogP) is 2.28. The smallest absolute Gasteiger partial charge is 0.251 e. The highest BCUT2D eigenvalue weighted by Crippen LogP contribution is 2.43. The lowest BCUT2D eigenvalue weighted by Gasteiger charge is -2.41. The maximum absolute atomic E-state index is 12.1. The minimum absolute atomic E-state index is 0.0491. The van der Waals surface area contributed by atoms with E-state index in [2.05, 4.69) is 17.2 Å². The summed E-state index contributed by atoms with van der Waals surface area (Å²) in [5.74, 6) is 0.348. The third-order valence-electron chi connectivity index (χ3n) is 4.02. The highest BCUT2D eigenvalue weighted by Gasteiger charge is 2.35. The molecule has 4 heteroatoms. The Labute approximate surface area is 108 Å². The van der Waals surface area contributed by atoms with Crippen LogP contribution in [0.3, 0.4) is 0 Å². The van der Waals surface area contributed by atoms with Gasteiger partial charge in [-0.3, -0.25) is 4.79 Å². The molecule has 2 rings (SSSR count). The summed E-state index contributed by atoms with van der Waals surface area (Å²) in [7, 11) is 0. The van der Waals surface area contributed by atoms with Gasteiger partial charge in [-0.25, -0.2) is 4.98 Å². The van der Waals surface area contributed by atoms with E-state index in [1.807, 2.05) is 6.92 Å². The number of nitrogens with one attached hydrogen (secondary N) is 1. The van der Waals surface area contributed by atoms with Crippen molar-refractivity contribution < 1.29 is 4.79 Å². The van der Waals surface area contributed by atoms with Crippen LogP contribution in [-0.2, 0) is 0 Å². The van der Waals surface area contributed by atoms with E-state index in [0.717, 1.165) is 18.7 Å². The highest BCUT2D eigenvalue weighted by molar-refractivity contribution is 5.94. The van der Waals surface area contributed by atoms with Crippen molar-refractivity contribution in [1.82, 2.24) is 10.3 Å². The van der Waals surface area contributed by atoms with Crippen molar-refractivity contribution in [2.24, 2.45) is 5.41 Å². The molecule has 0 atom stereocenters.